The summed E-state index contributed by atoms with van der Waals surface area (Å²) in [6.07, 6.45) is 4.27. The summed E-state index contributed by atoms with van der Waals surface area (Å²) in [5.41, 5.74) is 0.524. The molecule has 1 amide bonds. The molecular formula is C20H27N5O3. The summed E-state index contributed by atoms with van der Waals surface area (Å²) in [6, 6.07) is 7.17. The first-order valence-electron chi connectivity index (χ1n) is 9.96. The summed E-state index contributed by atoms with van der Waals surface area (Å²) >= 11 is 0. The molecular weight excluding hydrogens is 358 g/mol. The maximum atomic E-state index is 12.7. The Labute approximate surface area is 164 Å². The Morgan fingerprint density at radius 1 is 1.36 bits per heavy atom. The Morgan fingerprint density at radius 2 is 2.21 bits per heavy atom. The Balaban J connectivity index is 1.39. The molecule has 0 aliphatic carbocycles. The predicted molar refractivity (Wildman–Crippen MR) is 105 cm³/mol. The molecule has 28 heavy (non-hydrogen) atoms. The number of rotatable bonds is 6. The number of aryl methyl sites for hydroxylation is 1. The van der Waals surface area contributed by atoms with Crippen molar-refractivity contribution in [2.24, 2.45) is 7.05 Å². The van der Waals surface area contributed by atoms with Crippen LogP contribution < -0.4 is 15.4 Å². The SMILES string of the molecule is Cn1nc(C2CCNCC2)nc1NC(=O)c1cccc(OCC2CCCO2)c1. The van der Waals surface area contributed by atoms with E-state index in [1.807, 2.05) is 12.1 Å². The van der Waals surface area contributed by atoms with Crippen LogP contribution in [0.15, 0.2) is 24.3 Å². The fraction of sp³-hybridized carbons (Fsp3) is 0.550. The van der Waals surface area contributed by atoms with E-state index in [4.69, 9.17) is 9.47 Å². The Hall–Kier alpha value is -2.45. The van der Waals surface area contributed by atoms with Gasteiger partial charge < -0.3 is 14.8 Å². The van der Waals surface area contributed by atoms with Gasteiger partial charge in [0.1, 0.15) is 12.4 Å². The number of aromatic nitrogens is 3. The third kappa shape index (κ3) is 4.51. The molecule has 1 aromatic carbocycles. The molecule has 1 atom stereocenters. The van der Waals surface area contributed by atoms with Crippen molar-refractivity contribution in [3.05, 3.63) is 35.7 Å². The van der Waals surface area contributed by atoms with Crippen LogP contribution in [0.1, 0.15) is 47.8 Å². The molecule has 0 saturated carbocycles. The van der Waals surface area contributed by atoms with Gasteiger partial charge in [-0.15, -0.1) is 0 Å². The minimum absolute atomic E-state index is 0.143. The monoisotopic (exact) mass is 385 g/mol. The summed E-state index contributed by atoms with van der Waals surface area (Å²) < 4.78 is 13.0. The van der Waals surface area contributed by atoms with Gasteiger partial charge >= 0.3 is 0 Å². The topological polar surface area (TPSA) is 90.3 Å². The summed E-state index contributed by atoms with van der Waals surface area (Å²) in [4.78, 5) is 17.2. The molecule has 0 bridgehead atoms. The number of ether oxygens (including phenoxy) is 2. The van der Waals surface area contributed by atoms with Crippen LogP contribution in [0, 0.1) is 0 Å². The standard InChI is InChI=1S/C20H27N5O3/c1-25-20(22-18(24-25)14-7-9-21-10-8-14)23-19(26)15-4-2-5-16(12-15)28-13-17-6-3-11-27-17/h2,4-5,12,14,17,21H,3,6-11,13H2,1H3,(H,22,23,24,26). The Morgan fingerprint density at radius 3 is 3.00 bits per heavy atom. The number of hydrogen-bond acceptors (Lipinski definition) is 6. The van der Waals surface area contributed by atoms with Crippen molar-refractivity contribution in [2.45, 2.75) is 37.7 Å². The van der Waals surface area contributed by atoms with Gasteiger partial charge in [0.2, 0.25) is 5.95 Å². The zero-order valence-corrected chi connectivity index (χ0v) is 16.2. The lowest BCUT2D eigenvalue weighted by Crippen LogP contribution is -2.27. The predicted octanol–water partition coefficient (Wildman–Crippen LogP) is 2.09. The van der Waals surface area contributed by atoms with Crippen molar-refractivity contribution in [1.82, 2.24) is 20.1 Å². The second-order valence-electron chi connectivity index (χ2n) is 7.37. The minimum atomic E-state index is -0.227. The van der Waals surface area contributed by atoms with E-state index < -0.39 is 0 Å². The molecule has 1 aromatic heterocycles. The third-order valence-electron chi connectivity index (χ3n) is 5.27. The molecule has 2 aliphatic rings. The van der Waals surface area contributed by atoms with Crippen LogP contribution in [0.3, 0.4) is 0 Å². The van der Waals surface area contributed by atoms with Gasteiger partial charge in [-0.05, 0) is 57.0 Å². The summed E-state index contributed by atoms with van der Waals surface area (Å²) in [6.45, 7) is 3.26. The molecule has 2 aromatic rings. The molecule has 4 rings (SSSR count). The highest BCUT2D eigenvalue weighted by Gasteiger charge is 2.22. The highest BCUT2D eigenvalue weighted by molar-refractivity contribution is 6.03. The average molecular weight is 385 g/mol. The first-order chi connectivity index (χ1) is 13.7. The van der Waals surface area contributed by atoms with Crippen molar-refractivity contribution in [2.75, 3.05) is 31.6 Å². The van der Waals surface area contributed by atoms with Crippen molar-refractivity contribution >= 4 is 11.9 Å². The van der Waals surface area contributed by atoms with E-state index >= 15 is 0 Å². The second-order valence-corrected chi connectivity index (χ2v) is 7.37. The molecule has 2 aliphatic heterocycles. The zero-order valence-electron chi connectivity index (χ0n) is 16.2. The molecule has 8 heteroatoms. The molecule has 0 spiro atoms. The number of amides is 1. The first-order valence-corrected chi connectivity index (χ1v) is 9.96. The quantitative estimate of drug-likeness (QED) is 0.791. The lowest BCUT2D eigenvalue weighted by molar-refractivity contribution is 0.0679. The van der Waals surface area contributed by atoms with Crippen molar-refractivity contribution in [3.8, 4) is 5.75 Å². The number of anilines is 1. The highest BCUT2D eigenvalue weighted by atomic mass is 16.5. The van der Waals surface area contributed by atoms with Crippen LogP contribution in [-0.4, -0.2) is 53.1 Å². The number of benzene rings is 1. The van der Waals surface area contributed by atoms with E-state index in [1.54, 1.807) is 23.9 Å². The average Bonchev–Trinajstić information content (AvgIpc) is 3.37. The van der Waals surface area contributed by atoms with Gasteiger partial charge in [-0.2, -0.15) is 10.1 Å². The highest BCUT2D eigenvalue weighted by Crippen LogP contribution is 2.23. The fourth-order valence-corrected chi connectivity index (χ4v) is 3.63. The summed E-state index contributed by atoms with van der Waals surface area (Å²) in [5.74, 6) is 2.04. The van der Waals surface area contributed by atoms with Crippen LogP contribution in [-0.2, 0) is 11.8 Å². The number of nitrogens with one attached hydrogen (secondary N) is 2. The number of piperidine rings is 1. The van der Waals surface area contributed by atoms with E-state index in [0.717, 1.165) is 51.2 Å². The molecule has 0 radical (unpaired) electrons. The number of hydrogen-bond donors (Lipinski definition) is 2. The second kappa shape index (κ2) is 8.70. The van der Waals surface area contributed by atoms with Crippen molar-refractivity contribution in [1.29, 1.82) is 0 Å². The van der Waals surface area contributed by atoms with E-state index in [9.17, 15) is 4.79 Å². The van der Waals surface area contributed by atoms with E-state index in [1.165, 1.54) is 0 Å². The van der Waals surface area contributed by atoms with Crippen molar-refractivity contribution < 1.29 is 14.3 Å². The maximum absolute atomic E-state index is 12.7. The minimum Gasteiger partial charge on any atom is -0.491 e. The maximum Gasteiger partial charge on any atom is 0.258 e. The number of carbonyl (C=O) groups is 1. The van der Waals surface area contributed by atoms with Crippen molar-refractivity contribution in [3.63, 3.8) is 0 Å². The third-order valence-corrected chi connectivity index (χ3v) is 5.27. The van der Waals surface area contributed by atoms with Gasteiger partial charge in [-0.25, -0.2) is 4.68 Å². The summed E-state index contributed by atoms with van der Waals surface area (Å²) in [5, 5.41) is 10.7. The van der Waals surface area contributed by atoms with Gasteiger partial charge in [0, 0.05) is 25.1 Å². The molecule has 2 fully saturated rings. The molecule has 3 heterocycles. The summed E-state index contributed by atoms with van der Waals surface area (Å²) in [7, 11) is 1.80. The molecule has 150 valence electrons. The van der Waals surface area contributed by atoms with E-state index in [2.05, 4.69) is 20.7 Å². The Kier molecular flexibility index (Phi) is 5.87. The smallest absolute Gasteiger partial charge is 0.258 e. The van der Waals surface area contributed by atoms with Gasteiger partial charge in [0.25, 0.3) is 5.91 Å². The van der Waals surface area contributed by atoms with Crippen LogP contribution in [0.4, 0.5) is 5.95 Å². The van der Waals surface area contributed by atoms with E-state index in [0.29, 0.717) is 29.8 Å². The van der Waals surface area contributed by atoms with Crippen LogP contribution in [0.5, 0.6) is 5.75 Å². The van der Waals surface area contributed by atoms with Crippen LogP contribution >= 0.6 is 0 Å². The van der Waals surface area contributed by atoms with Gasteiger partial charge in [-0.1, -0.05) is 6.07 Å². The molecule has 2 saturated heterocycles. The first kappa shape index (κ1) is 18.9. The van der Waals surface area contributed by atoms with Crippen LogP contribution in [0.25, 0.3) is 0 Å². The van der Waals surface area contributed by atoms with Crippen LogP contribution in [0.2, 0.25) is 0 Å². The largest absolute Gasteiger partial charge is 0.491 e. The lowest BCUT2D eigenvalue weighted by atomic mass is 9.98. The number of carbonyl (C=O) groups excluding carboxylic acids is 1. The molecule has 1 unspecified atom stereocenters. The Bertz CT molecular complexity index is 810. The number of nitrogens with zero attached hydrogens (tertiary/aromatic N) is 3. The zero-order chi connectivity index (χ0) is 19.3. The van der Waals surface area contributed by atoms with E-state index in [-0.39, 0.29) is 12.0 Å². The lowest BCUT2D eigenvalue weighted by Gasteiger charge is -2.19. The van der Waals surface area contributed by atoms with Gasteiger partial charge in [0.05, 0.1) is 6.10 Å². The van der Waals surface area contributed by atoms with Gasteiger partial charge in [0.15, 0.2) is 5.82 Å². The molecule has 8 nitrogen and oxygen atoms in total. The van der Waals surface area contributed by atoms with Gasteiger partial charge in [-0.3, -0.25) is 10.1 Å². The normalized spacial score (nSPS) is 20.2. The molecule has 2 N–H and O–H groups in total. The fourth-order valence-electron chi connectivity index (χ4n) is 3.63.